The molecule has 0 atom stereocenters. The molecule has 0 saturated carbocycles. The zero-order valence-electron chi connectivity index (χ0n) is 11.5. The number of nitrogens with one attached hydrogen (secondary N) is 1. The second-order valence-electron chi connectivity index (χ2n) is 4.42. The van der Waals surface area contributed by atoms with Crippen molar-refractivity contribution >= 4 is 22.8 Å². The molecule has 1 aromatic heterocycles. The normalized spacial score (nSPS) is 10.3. The van der Waals surface area contributed by atoms with Gasteiger partial charge < -0.3 is 14.5 Å². The molecule has 1 aromatic carbocycles. The van der Waals surface area contributed by atoms with Crippen molar-refractivity contribution in [3.63, 3.8) is 0 Å². The molecule has 6 heteroatoms. The van der Waals surface area contributed by atoms with Crippen LogP contribution in [0.2, 0.25) is 0 Å². The van der Waals surface area contributed by atoms with E-state index in [1.54, 1.807) is 24.3 Å². The van der Waals surface area contributed by atoms with Crippen LogP contribution in [-0.4, -0.2) is 25.5 Å². The summed E-state index contributed by atoms with van der Waals surface area (Å²) in [6.07, 6.45) is 0.653. The average Bonchev–Trinajstić information content (AvgIpc) is 2.50. The minimum atomic E-state index is -0.681. The summed E-state index contributed by atoms with van der Waals surface area (Å²) in [7, 11) is 1.31. The van der Waals surface area contributed by atoms with E-state index in [9.17, 15) is 14.4 Å². The minimum Gasteiger partial charge on any atom is -0.469 e. The highest BCUT2D eigenvalue weighted by atomic mass is 16.5. The molecule has 0 aliphatic carbocycles. The van der Waals surface area contributed by atoms with E-state index in [0.717, 1.165) is 0 Å². The third-order valence-electron chi connectivity index (χ3n) is 2.96. The molecule has 0 aliphatic heterocycles. The fraction of sp³-hybridized carbons (Fsp3) is 0.267. The van der Waals surface area contributed by atoms with E-state index in [2.05, 4.69) is 10.1 Å². The Kier molecular flexibility index (Phi) is 4.71. The number of rotatable bonds is 5. The molecule has 0 unspecified atom stereocenters. The Morgan fingerprint density at radius 1 is 1.29 bits per heavy atom. The maximum atomic E-state index is 11.9. The number of carbonyl (C=O) groups excluding carboxylic acids is 2. The van der Waals surface area contributed by atoms with E-state index in [4.69, 9.17) is 4.42 Å². The Hall–Kier alpha value is -2.63. The molecule has 1 amide bonds. The van der Waals surface area contributed by atoms with Crippen molar-refractivity contribution in [2.45, 2.75) is 12.8 Å². The van der Waals surface area contributed by atoms with Crippen molar-refractivity contribution in [1.82, 2.24) is 5.32 Å². The molecule has 6 nitrogen and oxygen atoms in total. The molecule has 0 fully saturated rings. The van der Waals surface area contributed by atoms with Gasteiger partial charge in [-0.05, 0) is 18.6 Å². The van der Waals surface area contributed by atoms with Crippen molar-refractivity contribution < 1.29 is 18.7 Å². The van der Waals surface area contributed by atoms with Crippen LogP contribution in [0.1, 0.15) is 23.2 Å². The van der Waals surface area contributed by atoms with Crippen LogP contribution in [0.4, 0.5) is 0 Å². The number of benzene rings is 1. The topological polar surface area (TPSA) is 85.6 Å². The van der Waals surface area contributed by atoms with Gasteiger partial charge in [0.25, 0.3) is 5.91 Å². The molecule has 2 rings (SSSR count). The molecule has 1 N–H and O–H groups in total. The van der Waals surface area contributed by atoms with Gasteiger partial charge in [0, 0.05) is 18.4 Å². The number of carbonyl (C=O) groups is 2. The largest absolute Gasteiger partial charge is 0.469 e. The lowest BCUT2D eigenvalue weighted by molar-refractivity contribution is -0.140. The molecular weight excluding hydrogens is 274 g/mol. The number of hydrogen-bond donors (Lipinski definition) is 1. The number of fused-ring (bicyclic) bond motifs is 1. The SMILES string of the molecule is COC(=O)CCCNC(=O)c1cc2ccccc2oc1=O. The number of ether oxygens (including phenoxy) is 1. The van der Waals surface area contributed by atoms with E-state index in [0.29, 0.717) is 17.4 Å². The predicted molar refractivity (Wildman–Crippen MR) is 76.1 cm³/mol. The number of amides is 1. The quantitative estimate of drug-likeness (QED) is 0.512. The van der Waals surface area contributed by atoms with Crippen LogP contribution in [0.5, 0.6) is 0 Å². The van der Waals surface area contributed by atoms with Crippen LogP contribution in [0.15, 0.2) is 39.5 Å². The number of methoxy groups -OCH3 is 1. The van der Waals surface area contributed by atoms with Crippen molar-refractivity contribution in [3.8, 4) is 0 Å². The maximum Gasteiger partial charge on any atom is 0.349 e. The molecule has 1 heterocycles. The Bertz CT molecular complexity index is 719. The number of hydrogen-bond acceptors (Lipinski definition) is 5. The second kappa shape index (κ2) is 6.69. The molecule has 0 spiro atoms. The average molecular weight is 289 g/mol. The van der Waals surface area contributed by atoms with Gasteiger partial charge >= 0.3 is 11.6 Å². The van der Waals surface area contributed by atoms with Crippen molar-refractivity contribution in [2.75, 3.05) is 13.7 Å². The van der Waals surface area contributed by atoms with E-state index < -0.39 is 11.5 Å². The minimum absolute atomic E-state index is 0.0493. The highest BCUT2D eigenvalue weighted by Gasteiger charge is 2.13. The zero-order valence-corrected chi connectivity index (χ0v) is 11.5. The first-order chi connectivity index (χ1) is 10.1. The van der Waals surface area contributed by atoms with Crippen LogP contribution in [0.3, 0.4) is 0 Å². The molecule has 0 saturated heterocycles. The van der Waals surface area contributed by atoms with Gasteiger partial charge in [-0.1, -0.05) is 18.2 Å². The highest BCUT2D eigenvalue weighted by Crippen LogP contribution is 2.12. The third kappa shape index (κ3) is 3.68. The van der Waals surface area contributed by atoms with Crippen LogP contribution in [0.25, 0.3) is 11.0 Å². The maximum absolute atomic E-state index is 11.9. The summed E-state index contributed by atoms with van der Waals surface area (Å²) >= 11 is 0. The first-order valence-electron chi connectivity index (χ1n) is 6.49. The van der Waals surface area contributed by atoms with E-state index in [-0.39, 0.29) is 24.5 Å². The van der Waals surface area contributed by atoms with Crippen molar-refractivity contribution in [1.29, 1.82) is 0 Å². The van der Waals surface area contributed by atoms with Gasteiger partial charge in [-0.2, -0.15) is 0 Å². The van der Waals surface area contributed by atoms with Crippen molar-refractivity contribution in [3.05, 3.63) is 46.3 Å². The molecule has 0 bridgehead atoms. The zero-order chi connectivity index (χ0) is 15.2. The lowest BCUT2D eigenvalue weighted by Gasteiger charge is -2.04. The first kappa shape index (κ1) is 14.8. The molecule has 0 radical (unpaired) electrons. The third-order valence-corrected chi connectivity index (χ3v) is 2.96. The summed E-state index contributed by atoms with van der Waals surface area (Å²) < 4.78 is 9.58. The van der Waals surface area contributed by atoms with Gasteiger partial charge in [0.1, 0.15) is 11.1 Å². The van der Waals surface area contributed by atoms with E-state index in [1.807, 2.05) is 0 Å². The van der Waals surface area contributed by atoms with Gasteiger partial charge in [0.05, 0.1) is 7.11 Å². The Balaban J connectivity index is 2.04. The van der Waals surface area contributed by atoms with Crippen molar-refractivity contribution in [2.24, 2.45) is 0 Å². The molecular formula is C15H15NO5. The number of para-hydroxylation sites is 1. The Labute approximate surface area is 120 Å². The molecule has 0 aliphatic rings. The summed E-state index contributed by atoms with van der Waals surface area (Å²) in [5, 5.41) is 3.25. The van der Waals surface area contributed by atoms with Gasteiger partial charge in [-0.25, -0.2) is 4.79 Å². The summed E-state index contributed by atoms with van der Waals surface area (Å²) in [6, 6.07) is 8.45. The second-order valence-corrected chi connectivity index (χ2v) is 4.42. The first-order valence-corrected chi connectivity index (χ1v) is 6.49. The van der Waals surface area contributed by atoms with Gasteiger partial charge in [0.2, 0.25) is 0 Å². The molecule has 110 valence electrons. The number of esters is 1. The Morgan fingerprint density at radius 2 is 2.05 bits per heavy atom. The lowest BCUT2D eigenvalue weighted by Crippen LogP contribution is -2.29. The predicted octanol–water partition coefficient (Wildman–Crippen LogP) is 1.48. The summed E-state index contributed by atoms with van der Waals surface area (Å²) in [5.74, 6) is -0.853. The van der Waals surface area contributed by atoms with Gasteiger partial charge in [0.15, 0.2) is 0 Å². The lowest BCUT2D eigenvalue weighted by atomic mass is 10.2. The van der Waals surface area contributed by atoms with Crippen LogP contribution < -0.4 is 10.9 Å². The standard InChI is InChI=1S/C15H15NO5/c1-20-13(17)7-4-8-16-14(18)11-9-10-5-2-3-6-12(10)21-15(11)19/h2-3,5-6,9H,4,7-8H2,1H3,(H,16,18). The fourth-order valence-corrected chi connectivity index (χ4v) is 1.85. The van der Waals surface area contributed by atoms with E-state index in [1.165, 1.54) is 13.2 Å². The summed E-state index contributed by atoms with van der Waals surface area (Å²) in [6.45, 7) is 0.278. The molecule has 2 aromatic rings. The summed E-state index contributed by atoms with van der Waals surface area (Å²) in [5.41, 5.74) is -0.296. The van der Waals surface area contributed by atoms with Gasteiger partial charge in [-0.15, -0.1) is 0 Å². The monoisotopic (exact) mass is 289 g/mol. The van der Waals surface area contributed by atoms with Crippen LogP contribution in [0, 0.1) is 0 Å². The van der Waals surface area contributed by atoms with E-state index >= 15 is 0 Å². The van der Waals surface area contributed by atoms with Crippen LogP contribution in [-0.2, 0) is 9.53 Å². The Morgan fingerprint density at radius 3 is 2.81 bits per heavy atom. The van der Waals surface area contributed by atoms with Crippen LogP contribution >= 0.6 is 0 Å². The highest BCUT2D eigenvalue weighted by molar-refractivity contribution is 5.96. The molecule has 21 heavy (non-hydrogen) atoms. The fourth-order valence-electron chi connectivity index (χ4n) is 1.85. The van der Waals surface area contributed by atoms with Gasteiger partial charge in [-0.3, -0.25) is 9.59 Å². The smallest absolute Gasteiger partial charge is 0.349 e. The summed E-state index contributed by atoms with van der Waals surface area (Å²) in [4.78, 5) is 34.6.